The highest BCUT2D eigenvalue weighted by atomic mass is 14.9. The molecule has 0 saturated heterocycles. The second-order valence-corrected chi connectivity index (χ2v) is 11.2. The van der Waals surface area contributed by atoms with Crippen molar-refractivity contribution in [3.63, 3.8) is 0 Å². The predicted molar refractivity (Wildman–Crippen MR) is 167 cm³/mol. The molecule has 0 N–H and O–H groups in total. The highest BCUT2D eigenvalue weighted by Gasteiger charge is 2.39. The summed E-state index contributed by atoms with van der Waals surface area (Å²) in [6.45, 7) is 4.64. The second-order valence-electron chi connectivity index (χ2n) is 11.2. The number of benzene rings is 4. The van der Waals surface area contributed by atoms with Gasteiger partial charge in [-0.2, -0.15) is 0 Å². The van der Waals surface area contributed by atoms with Crippen LogP contribution in [0.1, 0.15) is 25.0 Å². The molecule has 0 fully saturated rings. The Morgan fingerprint density at radius 2 is 1.32 bits per heavy atom. The number of pyridine rings is 2. The zero-order valence-electron chi connectivity index (χ0n) is 22.8. The number of rotatable bonds is 3. The molecular formula is C37H26N4. The molecule has 0 radical (unpaired) electrons. The fourth-order valence-corrected chi connectivity index (χ4v) is 6.38. The van der Waals surface area contributed by atoms with Gasteiger partial charge in [-0.15, -0.1) is 0 Å². The number of hydrogen-bond acceptors (Lipinski definition) is 4. The van der Waals surface area contributed by atoms with E-state index < -0.39 is 0 Å². The van der Waals surface area contributed by atoms with Crippen LogP contribution in [0.4, 0.5) is 0 Å². The maximum absolute atomic E-state index is 5.18. The van der Waals surface area contributed by atoms with Gasteiger partial charge in [-0.25, -0.2) is 15.0 Å². The summed E-state index contributed by atoms with van der Waals surface area (Å²) in [5, 5.41) is 2.27. The third kappa shape index (κ3) is 3.68. The van der Waals surface area contributed by atoms with Crippen molar-refractivity contribution in [1.29, 1.82) is 0 Å². The molecular weight excluding hydrogens is 500 g/mol. The molecule has 41 heavy (non-hydrogen) atoms. The summed E-state index contributed by atoms with van der Waals surface area (Å²) in [5.41, 5.74) is 12.4. The fourth-order valence-electron chi connectivity index (χ4n) is 6.38. The van der Waals surface area contributed by atoms with Crippen LogP contribution in [0.3, 0.4) is 0 Å². The van der Waals surface area contributed by atoms with Crippen LogP contribution in [-0.2, 0) is 5.41 Å². The zero-order chi connectivity index (χ0) is 27.6. The fraction of sp³-hybridized carbons (Fsp3) is 0.0811. The molecule has 194 valence electrons. The minimum Gasteiger partial charge on any atom is -0.256 e. The molecule has 4 aromatic carbocycles. The highest BCUT2D eigenvalue weighted by Crippen LogP contribution is 2.53. The summed E-state index contributed by atoms with van der Waals surface area (Å²) in [7, 11) is 0. The molecule has 3 heterocycles. The summed E-state index contributed by atoms with van der Waals surface area (Å²) in [5.74, 6) is 0.706. The van der Waals surface area contributed by atoms with E-state index >= 15 is 0 Å². The standard InChI is InChI=1S/C37H26N4/c1-37(2)30-10-5-3-8-28(30)35-34(37)33(29-9-4-6-11-31(29)41-35)24-14-12-23(13-15-24)27-20-25-16-17-26(21-32(25)40-22-27)36-38-18-7-19-39-36/h3-22H,1-2H3. The zero-order valence-corrected chi connectivity index (χ0v) is 22.8. The molecule has 1 aliphatic rings. The van der Waals surface area contributed by atoms with Gasteiger partial charge in [-0.3, -0.25) is 4.98 Å². The van der Waals surface area contributed by atoms with Gasteiger partial charge in [0.2, 0.25) is 0 Å². The van der Waals surface area contributed by atoms with E-state index in [1.165, 1.54) is 33.2 Å². The first-order valence-corrected chi connectivity index (χ1v) is 13.9. The summed E-state index contributed by atoms with van der Waals surface area (Å²) in [6.07, 6.45) is 5.47. The molecule has 4 heteroatoms. The van der Waals surface area contributed by atoms with Gasteiger partial charge in [0, 0.05) is 51.5 Å². The van der Waals surface area contributed by atoms with E-state index in [-0.39, 0.29) is 5.41 Å². The first kappa shape index (κ1) is 23.6. The molecule has 0 aliphatic heterocycles. The minimum atomic E-state index is -0.150. The van der Waals surface area contributed by atoms with Gasteiger partial charge in [0.25, 0.3) is 0 Å². The van der Waals surface area contributed by atoms with Gasteiger partial charge in [-0.1, -0.05) is 92.7 Å². The monoisotopic (exact) mass is 526 g/mol. The summed E-state index contributed by atoms with van der Waals surface area (Å²) in [6, 6.07) is 36.3. The Morgan fingerprint density at radius 3 is 2.17 bits per heavy atom. The third-order valence-electron chi connectivity index (χ3n) is 8.39. The van der Waals surface area contributed by atoms with Crippen LogP contribution in [0.15, 0.2) is 122 Å². The maximum atomic E-state index is 5.18. The molecule has 0 saturated carbocycles. The van der Waals surface area contributed by atoms with E-state index in [2.05, 4.69) is 115 Å². The molecule has 0 spiro atoms. The smallest absolute Gasteiger partial charge is 0.159 e. The molecule has 7 aromatic rings. The summed E-state index contributed by atoms with van der Waals surface area (Å²) < 4.78 is 0. The van der Waals surface area contributed by atoms with E-state index in [4.69, 9.17) is 9.97 Å². The molecule has 0 atom stereocenters. The summed E-state index contributed by atoms with van der Waals surface area (Å²) >= 11 is 0. The molecule has 0 amide bonds. The quantitative estimate of drug-likeness (QED) is 0.231. The highest BCUT2D eigenvalue weighted by molar-refractivity contribution is 6.02. The Balaban J connectivity index is 1.23. The molecule has 4 nitrogen and oxygen atoms in total. The largest absolute Gasteiger partial charge is 0.256 e. The van der Waals surface area contributed by atoms with E-state index in [9.17, 15) is 0 Å². The number of para-hydroxylation sites is 1. The van der Waals surface area contributed by atoms with Gasteiger partial charge in [0.1, 0.15) is 0 Å². The first-order valence-electron chi connectivity index (χ1n) is 13.9. The van der Waals surface area contributed by atoms with Crippen molar-refractivity contribution in [3.8, 4) is 44.9 Å². The third-order valence-corrected chi connectivity index (χ3v) is 8.39. The molecule has 0 unspecified atom stereocenters. The predicted octanol–water partition coefficient (Wildman–Crippen LogP) is 8.88. The van der Waals surface area contributed by atoms with Crippen LogP contribution in [0.2, 0.25) is 0 Å². The van der Waals surface area contributed by atoms with Gasteiger partial charge >= 0.3 is 0 Å². The normalized spacial score (nSPS) is 13.3. The maximum Gasteiger partial charge on any atom is 0.159 e. The lowest BCUT2D eigenvalue weighted by Gasteiger charge is -2.25. The van der Waals surface area contributed by atoms with E-state index in [1.54, 1.807) is 12.4 Å². The Hall–Kier alpha value is -5.22. The Kier molecular flexibility index (Phi) is 5.13. The lowest BCUT2D eigenvalue weighted by Crippen LogP contribution is -2.16. The lowest BCUT2D eigenvalue weighted by molar-refractivity contribution is 0.662. The molecule has 8 rings (SSSR count). The average Bonchev–Trinajstić information content (AvgIpc) is 3.26. The van der Waals surface area contributed by atoms with Crippen LogP contribution in [0.25, 0.3) is 66.7 Å². The van der Waals surface area contributed by atoms with Crippen molar-refractivity contribution >= 4 is 21.8 Å². The average molecular weight is 527 g/mol. The van der Waals surface area contributed by atoms with Gasteiger partial charge in [0.15, 0.2) is 5.82 Å². The van der Waals surface area contributed by atoms with Crippen molar-refractivity contribution in [2.75, 3.05) is 0 Å². The lowest BCUT2D eigenvalue weighted by atomic mass is 9.78. The van der Waals surface area contributed by atoms with Crippen LogP contribution >= 0.6 is 0 Å². The topological polar surface area (TPSA) is 51.6 Å². The van der Waals surface area contributed by atoms with Crippen molar-refractivity contribution in [1.82, 2.24) is 19.9 Å². The Bertz CT molecular complexity index is 2110. The first-order chi connectivity index (χ1) is 20.1. The molecule has 3 aromatic heterocycles. The number of fused-ring (bicyclic) bond motifs is 5. The van der Waals surface area contributed by atoms with Gasteiger partial charge < -0.3 is 0 Å². The van der Waals surface area contributed by atoms with Crippen LogP contribution < -0.4 is 0 Å². The van der Waals surface area contributed by atoms with Gasteiger partial charge in [-0.05, 0) is 52.1 Å². The number of nitrogens with zero attached hydrogens (tertiary/aromatic N) is 4. The minimum absolute atomic E-state index is 0.150. The second kappa shape index (κ2) is 8.90. The number of aromatic nitrogens is 4. The number of hydrogen-bond donors (Lipinski definition) is 0. The van der Waals surface area contributed by atoms with Crippen LogP contribution in [-0.4, -0.2) is 19.9 Å². The van der Waals surface area contributed by atoms with E-state index in [0.29, 0.717) is 5.82 Å². The van der Waals surface area contributed by atoms with Gasteiger partial charge in [0.05, 0.1) is 16.7 Å². The van der Waals surface area contributed by atoms with E-state index in [0.717, 1.165) is 38.8 Å². The van der Waals surface area contributed by atoms with Crippen molar-refractivity contribution in [2.24, 2.45) is 0 Å². The van der Waals surface area contributed by atoms with Crippen molar-refractivity contribution < 1.29 is 0 Å². The van der Waals surface area contributed by atoms with Crippen molar-refractivity contribution in [3.05, 3.63) is 133 Å². The molecule has 0 bridgehead atoms. The summed E-state index contributed by atoms with van der Waals surface area (Å²) in [4.78, 5) is 18.7. The SMILES string of the molecule is CC1(C)c2ccccc2-c2nc3ccccc3c(-c3ccc(-c4cnc5cc(-c6ncccn6)ccc5c4)cc3)c21. The van der Waals surface area contributed by atoms with Crippen LogP contribution in [0, 0.1) is 0 Å². The van der Waals surface area contributed by atoms with Crippen molar-refractivity contribution in [2.45, 2.75) is 19.3 Å². The Morgan fingerprint density at radius 1 is 0.585 bits per heavy atom. The molecule has 1 aliphatic carbocycles. The Labute approximate surface area is 238 Å². The van der Waals surface area contributed by atoms with E-state index in [1.807, 2.05) is 18.3 Å². The van der Waals surface area contributed by atoms with Crippen LogP contribution in [0.5, 0.6) is 0 Å².